The molecular formula is C25H30F6O6. The molecular weight excluding hydrogens is 510 g/mol. The van der Waals surface area contributed by atoms with Crippen molar-refractivity contribution in [2.75, 3.05) is 0 Å². The molecule has 0 N–H and O–H groups in total. The quantitative estimate of drug-likeness (QED) is 0.171. The number of rotatable bonds is 9. The van der Waals surface area contributed by atoms with Gasteiger partial charge in [0.15, 0.2) is 0 Å². The highest BCUT2D eigenvalue weighted by Crippen LogP contribution is 2.59. The molecule has 0 aromatic carbocycles. The van der Waals surface area contributed by atoms with Crippen LogP contribution in [0.3, 0.4) is 0 Å². The van der Waals surface area contributed by atoms with Crippen LogP contribution in [0, 0.1) is 35.5 Å². The Morgan fingerprint density at radius 1 is 1.03 bits per heavy atom. The van der Waals surface area contributed by atoms with Crippen LogP contribution in [-0.4, -0.2) is 48.6 Å². The van der Waals surface area contributed by atoms with Crippen molar-refractivity contribution in [2.24, 2.45) is 35.5 Å². The van der Waals surface area contributed by atoms with Crippen molar-refractivity contribution in [3.63, 3.8) is 0 Å². The second-order valence-electron chi connectivity index (χ2n) is 10.5. The monoisotopic (exact) mass is 540 g/mol. The molecule has 0 amide bonds. The molecule has 0 aromatic rings. The zero-order valence-electron chi connectivity index (χ0n) is 20.2. The summed E-state index contributed by atoms with van der Waals surface area (Å²) in [6.45, 7) is 2.12. The van der Waals surface area contributed by atoms with Gasteiger partial charge >= 0.3 is 30.3 Å². The fourth-order valence-corrected chi connectivity index (χ4v) is 6.71. The molecule has 4 aliphatic rings. The van der Waals surface area contributed by atoms with Gasteiger partial charge in [-0.25, -0.2) is 0 Å². The van der Waals surface area contributed by atoms with Gasteiger partial charge < -0.3 is 14.2 Å². The second-order valence-corrected chi connectivity index (χ2v) is 10.5. The van der Waals surface area contributed by atoms with Crippen LogP contribution in [0.2, 0.25) is 0 Å². The van der Waals surface area contributed by atoms with E-state index in [0.29, 0.717) is 18.3 Å². The normalized spacial score (nSPS) is 34.6. The Bertz CT molecular complexity index is 900. The Morgan fingerprint density at radius 2 is 1.65 bits per heavy atom. The van der Waals surface area contributed by atoms with E-state index in [1.165, 1.54) is 0 Å². The Hall–Kier alpha value is -2.27. The van der Waals surface area contributed by atoms with E-state index in [1.807, 2.05) is 0 Å². The van der Waals surface area contributed by atoms with Gasteiger partial charge in [-0.3, -0.25) is 14.4 Å². The van der Waals surface area contributed by atoms with Crippen LogP contribution in [0.15, 0.2) is 12.2 Å². The summed E-state index contributed by atoms with van der Waals surface area (Å²) < 4.78 is 92.2. The van der Waals surface area contributed by atoms with Crippen molar-refractivity contribution in [3.8, 4) is 0 Å². The standard InChI is InChI=1S/C25H30F6O6/c1-2-6-12-7-3-4-8-13(12)9-5-10-16(32)35-19-14-11-15-17(21(33)36-20(15)19)18(14)22(34)37-23(24(26,27)28)25(29,30)31/h3-4,12-15,17-20,23H,2,5-11H2,1H3. The van der Waals surface area contributed by atoms with E-state index in [9.17, 15) is 40.7 Å². The Balaban J connectivity index is 1.38. The first-order chi connectivity index (χ1) is 17.3. The fraction of sp³-hybridized carbons (Fsp3) is 0.800. The molecule has 1 saturated heterocycles. The number of carbonyl (C=O) groups excluding carboxylic acids is 3. The van der Waals surface area contributed by atoms with Gasteiger partial charge in [0.2, 0.25) is 0 Å². The Kier molecular flexibility index (Phi) is 7.86. The summed E-state index contributed by atoms with van der Waals surface area (Å²) in [6.07, 6.45) is -8.10. The number of carbonyl (C=O) groups is 3. The third kappa shape index (κ3) is 5.62. The second kappa shape index (κ2) is 10.5. The van der Waals surface area contributed by atoms with Gasteiger partial charge in [-0.15, -0.1) is 0 Å². The maximum Gasteiger partial charge on any atom is 0.434 e. The molecule has 4 rings (SSSR count). The first-order valence-electron chi connectivity index (χ1n) is 12.7. The predicted octanol–water partition coefficient (Wildman–Crippen LogP) is 5.29. The van der Waals surface area contributed by atoms with E-state index in [2.05, 4.69) is 23.8 Å². The predicted molar refractivity (Wildman–Crippen MR) is 114 cm³/mol. The largest absolute Gasteiger partial charge is 0.458 e. The lowest BCUT2D eigenvalue weighted by Crippen LogP contribution is -2.49. The van der Waals surface area contributed by atoms with Crippen LogP contribution in [0.25, 0.3) is 0 Å². The van der Waals surface area contributed by atoms with E-state index in [-0.39, 0.29) is 12.8 Å². The molecule has 12 heteroatoms. The minimum atomic E-state index is -5.87. The van der Waals surface area contributed by atoms with Crippen molar-refractivity contribution in [2.45, 2.75) is 89.0 Å². The zero-order chi connectivity index (χ0) is 27.1. The van der Waals surface area contributed by atoms with Crippen LogP contribution in [0.1, 0.15) is 58.3 Å². The van der Waals surface area contributed by atoms with Gasteiger partial charge in [0.25, 0.3) is 6.10 Å². The van der Waals surface area contributed by atoms with Gasteiger partial charge in [0.1, 0.15) is 12.2 Å². The number of fused-ring (bicyclic) bond motifs is 1. The van der Waals surface area contributed by atoms with Crippen LogP contribution < -0.4 is 0 Å². The topological polar surface area (TPSA) is 78.9 Å². The molecule has 3 fully saturated rings. The van der Waals surface area contributed by atoms with E-state index in [0.717, 1.165) is 32.1 Å². The smallest absolute Gasteiger partial charge is 0.434 e. The molecule has 2 saturated carbocycles. The van der Waals surface area contributed by atoms with Gasteiger partial charge in [0, 0.05) is 18.3 Å². The molecule has 1 aliphatic heterocycles. The number of hydrogen-bond donors (Lipinski definition) is 0. The number of allylic oxidation sites excluding steroid dienone is 2. The maximum absolute atomic E-state index is 12.9. The van der Waals surface area contributed by atoms with E-state index in [4.69, 9.17) is 9.47 Å². The van der Waals surface area contributed by atoms with Crippen LogP contribution in [-0.2, 0) is 28.6 Å². The average molecular weight is 540 g/mol. The third-order valence-corrected chi connectivity index (χ3v) is 8.24. The maximum atomic E-state index is 12.9. The Labute approximate surface area is 210 Å². The molecule has 6 nitrogen and oxygen atoms in total. The van der Waals surface area contributed by atoms with Crippen molar-refractivity contribution >= 4 is 17.9 Å². The molecule has 8 unspecified atom stereocenters. The number of hydrogen-bond acceptors (Lipinski definition) is 6. The number of halogens is 6. The first-order valence-corrected chi connectivity index (χ1v) is 12.7. The number of esters is 3. The summed E-state index contributed by atoms with van der Waals surface area (Å²) in [4.78, 5) is 37.5. The average Bonchev–Trinajstić information content (AvgIpc) is 3.41. The van der Waals surface area contributed by atoms with Crippen LogP contribution >= 0.6 is 0 Å². The highest BCUT2D eigenvalue weighted by atomic mass is 19.4. The van der Waals surface area contributed by atoms with Crippen molar-refractivity contribution in [3.05, 3.63) is 12.2 Å². The molecule has 0 spiro atoms. The molecule has 2 bridgehead atoms. The summed E-state index contributed by atoms with van der Waals surface area (Å²) >= 11 is 0. The van der Waals surface area contributed by atoms with Gasteiger partial charge in [-0.2, -0.15) is 26.3 Å². The fourth-order valence-electron chi connectivity index (χ4n) is 6.71. The number of alkyl halides is 6. The minimum absolute atomic E-state index is 0.0658. The molecule has 37 heavy (non-hydrogen) atoms. The summed E-state index contributed by atoms with van der Waals surface area (Å²) in [6, 6.07) is 0. The molecule has 208 valence electrons. The lowest BCUT2D eigenvalue weighted by molar-refractivity contribution is -0.315. The third-order valence-electron chi connectivity index (χ3n) is 8.24. The molecule has 3 aliphatic carbocycles. The summed E-state index contributed by atoms with van der Waals surface area (Å²) in [7, 11) is 0. The van der Waals surface area contributed by atoms with Crippen LogP contribution in [0.5, 0.6) is 0 Å². The van der Waals surface area contributed by atoms with E-state index in [1.54, 1.807) is 0 Å². The highest BCUT2D eigenvalue weighted by molar-refractivity contribution is 5.86. The number of ether oxygens (including phenoxy) is 3. The summed E-state index contributed by atoms with van der Waals surface area (Å²) in [5, 5.41) is 0. The van der Waals surface area contributed by atoms with Gasteiger partial charge in [0.05, 0.1) is 11.8 Å². The minimum Gasteiger partial charge on any atom is -0.458 e. The van der Waals surface area contributed by atoms with Crippen LogP contribution in [0.4, 0.5) is 26.3 Å². The summed E-state index contributed by atoms with van der Waals surface area (Å²) in [5.41, 5.74) is 0. The van der Waals surface area contributed by atoms with E-state index < -0.39 is 72.2 Å². The molecule has 0 radical (unpaired) electrons. The molecule has 8 atom stereocenters. The van der Waals surface area contributed by atoms with Crippen molar-refractivity contribution in [1.82, 2.24) is 0 Å². The highest BCUT2D eigenvalue weighted by Gasteiger charge is 2.71. The SMILES string of the molecule is CCCC1CC=CCC1CCCC(=O)OC1C2CC3C1OC(=O)C3C2C(=O)OC(C(F)(F)F)C(F)(F)F. The Morgan fingerprint density at radius 3 is 2.24 bits per heavy atom. The van der Waals surface area contributed by atoms with Crippen molar-refractivity contribution < 1.29 is 54.9 Å². The first kappa shape index (κ1) is 27.8. The molecule has 1 heterocycles. The summed E-state index contributed by atoms with van der Waals surface area (Å²) in [5.74, 6) is -6.70. The van der Waals surface area contributed by atoms with E-state index >= 15 is 0 Å². The molecule has 0 aromatic heterocycles. The zero-order valence-corrected chi connectivity index (χ0v) is 20.2. The van der Waals surface area contributed by atoms with Gasteiger partial charge in [-0.1, -0.05) is 31.9 Å². The van der Waals surface area contributed by atoms with Gasteiger partial charge in [-0.05, 0) is 43.9 Å². The lowest BCUT2D eigenvalue weighted by atomic mass is 9.77. The lowest BCUT2D eigenvalue weighted by Gasteiger charge is -2.32. The van der Waals surface area contributed by atoms with Crippen molar-refractivity contribution in [1.29, 1.82) is 0 Å².